The molecular weight excluding hydrogens is 263 g/mol. The quantitative estimate of drug-likeness (QED) is 0.801. The zero-order chi connectivity index (χ0) is 14.5. The molecule has 20 heavy (non-hydrogen) atoms. The first-order chi connectivity index (χ1) is 9.41. The van der Waals surface area contributed by atoms with Crippen LogP contribution >= 0.6 is 0 Å². The Balaban J connectivity index is 1.93. The summed E-state index contributed by atoms with van der Waals surface area (Å²) in [6.07, 6.45) is 0.865. The highest BCUT2D eigenvalue weighted by molar-refractivity contribution is 6.01. The summed E-state index contributed by atoms with van der Waals surface area (Å²) in [6, 6.07) is 4.30. The maximum Gasteiger partial charge on any atom is 0.329 e. The number of aromatic nitrogens is 1. The molecular formula is C14H13FN2O3. The van der Waals surface area contributed by atoms with Gasteiger partial charge in [-0.2, -0.15) is 0 Å². The lowest BCUT2D eigenvalue weighted by atomic mass is 10.1. The highest BCUT2D eigenvalue weighted by atomic mass is 19.1. The second-order valence-corrected chi connectivity index (χ2v) is 5.21. The highest BCUT2D eigenvalue weighted by Gasteiger charge is 2.51. The van der Waals surface area contributed by atoms with Crippen LogP contribution in [-0.2, 0) is 4.79 Å². The van der Waals surface area contributed by atoms with Crippen LogP contribution < -0.4 is 5.32 Å². The Morgan fingerprint density at radius 3 is 2.65 bits per heavy atom. The number of carbonyl (C=O) groups excluding carboxylic acids is 1. The average molecular weight is 276 g/mol. The molecule has 1 fully saturated rings. The van der Waals surface area contributed by atoms with Crippen LogP contribution in [0.1, 0.15) is 28.9 Å². The molecule has 0 aliphatic heterocycles. The van der Waals surface area contributed by atoms with Gasteiger partial charge in [-0.25, -0.2) is 9.18 Å². The van der Waals surface area contributed by atoms with E-state index in [4.69, 9.17) is 5.11 Å². The number of nitrogens with one attached hydrogen (secondary N) is 2. The second-order valence-electron chi connectivity index (χ2n) is 5.21. The van der Waals surface area contributed by atoms with E-state index in [1.54, 1.807) is 13.0 Å². The topological polar surface area (TPSA) is 82.2 Å². The van der Waals surface area contributed by atoms with E-state index in [1.165, 1.54) is 12.1 Å². The number of H-pyrrole nitrogens is 1. The maximum absolute atomic E-state index is 13.3. The van der Waals surface area contributed by atoms with Crippen molar-refractivity contribution >= 4 is 22.8 Å². The SMILES string of the molecule is Cc1cc(F)cc2[nH]c(C(=O)NC3(C(=O)O)CC3)cc12. The Bertz CT molecular complexity index is 731. The van der Waals surface area contributed by atoms with Gasteiger partial charge in [0.2, 0.25) is 0 Å². The fourth-order valence-electron chi connectivity index (χ4n) is 2.30. The molecule has 0 atom stereocenters. The van der Waals surface area contributed by atoms with Crippen LogP contribution in [0.25, 0.3) is 10.9 Å². The van der Waals surface area contributed by atoms with E-state index in [0.29, 0.717) is 18.4 Å². The normalized spacial score (nSPS) is 16.1. The molecule has 1 amide bonds. The Morgan fingerprint density at radius 2 is 2.05 bits per heavy atom. The first-order valence-corrected chi connectivity index (χ1v) is 6.26. The summed E-state index contributed by atoms with van der Waals surface area (Å²) in [4.78, 5) is 25.9. The monoisotopic (exact) mass is 276 g/mol. The Hall–Kier alpha value is -2.37. The number of hydrogen-bond acceptors (Lipinski definition) is 2. The van der Waals surface area contributed by atoms with Gasteiger partial charge in [-0.15, -0.1) is 0 Å². The van der Waals surface area contributed by atoms with Crippen LogP contribution in [0.3, 0.4) is 0 Å². The van der Waals surface area contributed by atoms with E-state index in [0.717, 1.165) is 10.9 Å². The minimum atomic E-state index is -1.13. The van der Waals surface area contributed by atoms with Crippen LogP contribution in [0.4, 0.5) is 4.39 Å². The van der Waals surface area contributed by atoms with Gasteiger partial charge in [-0.1, -0.05) is 0 Å². The predicted octanol–water partition coefficient (Wildman–Crippen LogP) is 1.96. The van der Waals surface area contributed by atoms with Gasteiger partial charge in [0, 0.05) is 10.9 Å². The van der Waals surface area contributed by atoms with E-state index >= 15 is 0 Å². The summed E-state index contributed by atoms with van der Waals surface area (Å²) in [7, 11) is 0. The van der Waals surface area contributed by atoms with Gasteiger partial charge in [-0.3, -0.25) is 4.79 Å². The molecule has 3 N–H and O–H groups in total. The van der Waals surface area contributed by atoms with E-state index in [2.05, 4.69) is 10.3 Å². The molecule has 0 unspecified atom stereocenters. The molecule has 3 rings (SSSR count). The molecule has 1 heterocycles. The van der Waals surface area contributed by atoms with Gasteiger partial charge in [-0.05, 0) is 43.5 Å². The van der Waals surface area contributed by atoms with Gasteiger partial charge in [0.15, 0.2) is 0 Å². The number of fused-ring (bicyclic) bond motifs is 1. The average Bonchev–Trinajstić information content (AvgIpc) is 3.00. The van der Waals surface area contributed by atoms with Gasteiger partial charge in [0.1, 0.15) is 17.1 Å². The molecule has 0 radical (unpaired) electrons. The molecule has 0 spiro atoms. The lowest BCUT2D eigenvalue weighted by molar-refractivity contribution is -0.140. The van der Waals surface area contributed by atoms with Crippen LogP contribution in [0.5, 0.6) is 0 Å². The molecule has 104 valence electrons. The lowest BCUT2D eigenvalue weighted by Crippen LogP contribution is -2.43. The molecule has 2 aromatic rings. The Kier molecular flexibility index (Phi) is 2.57. The fourth-order valence-corrected chi connectivity index (χ4v) is 2.30. The van der Waals surface area contributed by atoms with Crippen molar-refractivity contribution < 1.29 is 19.1 Å². The summed E-state index contributed by atoms with van der Waals surface area (Å²) in [5.74, 6) is -1.89. The number of hydrogen-bond donors (Lipinski definition) is 3. The third kappa shape index (κ3) is 1.93. The number of aromatic amines is 1. The number of carboxylic acid groups (broad SMARTS) is 1. The molecule has 1 aliphatic rings. The standard InChI is InChI=1S/C14H13FN2O3/c1-7-4-8(15)5-10-9(7)6-11(16-10)12(18)17-14(2-3-14)13(19)20/h4-6,16H,2-3H2,1H3,(H,17,18)(H,19,20). The molecule has 1 aromatic heterocycles. The number of halogens is 1. The Labute approximate surface area is 113 Å². The van der Waals surface area contributed by atoms with Gasteiger partial charge < -0.3 is 15.4 Å². The first kappa shape index (κ1) is 12.7. The smallest absolute Gasteiger partial charge is 0.329 e. The molecule has 6 heteroatoms. The summed E-state index contributed by atoms with van der Waals surface area (Å²) >= 11 is 0. The summed E-state index contributed by atoms with van der Waals surface area (Å²) in [5, 5.41) is 12.3. The zero-order valence-electron chi connectivity index (χ0n) is 10.8. The first-order valence-electron chi connectivity index (χ1n) is 6.26. The molecule has 0 saturated heterocycles. The maximum atomic E-state index is 13.3. The lowest BCUT2D eigenvalue weighted by Gasteiger charge is -2.10. The third-order valence-electron chi connectivity index (χ3n) is 3.67. The molecule has 1 aliphatic carbocycles. The van der Waals surface area contributed by atoms with Gasteiger partial charge in [0.05, 0.1) is 0 Å². The van der Waals surface area contributed by atoms with Crippen LogP contribution in [0, 0.1) is 12.7 Å². The van der Waals surface area contributed by atoms with Crippen molar-refractivity contribution in [2.45, 2.75) is 25.3 Å². The number of carbonyl (C=O) groups is 2. The summed E-state index contributed by atoms with van der Waals surface area (Å²) in [5.41, 5.74) is 0.345. The van der Waals surface area contributed by atoms with Crippen molar-refractivity contribution in [1.29, 1.82) is 0 Å². The van der Waals surface area contributed by atoms with Crippen molar-refractivity contribution in [1.82, 2.24) is 10.3 Å². The minimum Gasteiger partial charge on any atom is -0.480 e. The number of rotatable bonds is 3. The van der Waals surface area contributed by atoms with Crippen LogP contribution in [0.2, 0.25) is 0 Å². The minimum absolute atomic E-state index is 0.237. The van der Waals surface area contributed by atoms with Crippen molar-refractivity contribution in [3.63, 3.8) is 0 Å². The molecule has 1 saturated carbocycles. The van der Waals surface area contributed by atoms with E-state index in [1.807, 2.05) is 0 Å². The molecule has 0 bridgehead atoms. The third-order valence-corrected chi connectivity index (χ3v) is 3.67. The van der Waals surface area contributed by atoms with Crippen molar-refractivity contribution in [3.05, 3.63) is 35.3 Å². The van der Waals surface area contributed by atoms with E-state index < -0.39 is 17.4 Å². The van der Waals surface area contributed by atoms with E-state index in [-0.39, 0.29) is 11.5 Å². The van der Waals surface area contributed by atoms with E-state index in [9.17, 15) is 14.0 Å². The highest BCUT2D eigenvalue weighted by Crippen LogP contribution is 2.35. The molecule has 5 nitrogen and oxygen atoms in total. The number of amides is 1. The predicted molar refractivity (Wildman–Crippen MR) is 70.1 cm³/mol. The largest absolute Gasteiger partial charge is 0.480 e. The van der Waals surface area contributed by atoms with Crippen LogP contribution in [0.15, 0.2) is 18.2 Å². The number of aliphatic carboxylic acids is 1. The summed E-state index contributed by atoms with van der Waals surface area (Å²) < 4.78 is 13.3. The number of aryl methyl sites for hydroxylation is 1. The van der Waals surface area contributed by atoms with Crippen molar-refractivity contribution in [2.24, 2.45) is 0 Å². The zero-order valence-corrected chi connectivity index (χ0v) is 10.8. The van der Waals surface area contributed by atoms with Gasteiger partial charge >= 0.3 is 5.97 Å². The Morgan fingerprint density at radius 1 is 1.35 bits per heavy atom. The number of benzene rings is 1. The van der Waals surface area contributed by atoms with Crippen LogP contribution in [-0.4, -0.2) is 27.5 Å². The van der Waals surface area contributed by atoms with Crippen molar-refractivity contribution in [3.8, 4) is 0 Å². The van der Waals surface area contributed by atoms with Gasteiger partial charge in [0.25, 0.3) is 5.91 Å². The second kappa shape index (κ2) is 4.06. The fraction of sp³-hybridized carbons (Fsp3) is 0.286. The van der Waals surface area contributed by atoms with Crippen molar-refractivity contribution in [2.75, 3.05) is 0 Å². The number of carboxylic acids is 1. The molecule has 1 aromatic carbocycles. The summed E-state index contributed by atoms with van der Waals surface area (Å²) in [6.45, 7) is 1.75.